The van der Waals surface area contributed by atoms with Gasteiger partial charge >= 0.3 is 0 Å². The maximum atomic E-state index is 12.2. The van der Waals surface area contributed by atoms with Gasteiger partial charge in [0.25, 0.3) is 0 Å². The highest BCUT2D eigenvalue weighted by Gasteiger charge is 2.40. The van der Waals surface area contributed by atoms with Gasteiger partial charge in [-0.3, -0.25) is 14.5 Å². The molecule has 1 heterocycles. The van der Waals surface area contributed by atoms with Crippen LogP contribution in [0.4, 0.5) is 0 Å². The van der Waals surface area contributed by atoms with Gasteiger partial charge in [-0.05, 0) is 52.0 Å². The van der Waals surface area contributed by atoms with Crippen molar-refractivity contribution in [2.45, 2.75) is 70.9 Å². The number of amides is 2. The minimum absolute atomic E-state index is 0.0165. The zero-order chi connectivity index (χ0) is 14.5. The molecule has 2 amide bonds. The molecule has 4 nitrogen and oxygen atoms in total. The molecule has 4 heteroatoms. The van der Waals surface area contributed by atoms with Gasteiger partial charge in [-0.1, -0.05) is 18.6 Å². The molecule has 0 bridgehead atoms. The Balaban J connectivity index is 1.80. The first-order valence-corrected chi connectivity index (χ1v) is 7.90. The van der Waals surface area contributed by atoms with Crippen molar-refractivity contribution < 1.29 is 9.59 Å². The molecule has 1 saturated heterocycles. The van der Waals surface area contributed by atoms with Crippen molar-refractivity contribution in [3.8, 4) is 0 Å². The second kappa shape index (κ2) is 7.02. The van der Waals surface area contributed by atoms with Crippen molar-refractivity contribution in [1.82, 2.24) is 10.2 Å². The topological polar surface area (TPSA) is 49.4 Å². The number of imide groups is 1. The minimum atomic E-state index is -0.305. The molecule has 1 fully saturated rings. The van der Waals surface area contributed by atoms with Crippen molar-refractivity contribution in [3.63, 3.8) is 0 Å². The molecule has 2 atom stereocenters. The Morgan fingerprint density at radius 1 is 1.40 bits per heavy atom. The van der Waals surface area contributed by atoms with Gasteiger partial charge in [-0.2, -0.15) is 0 Å². The van der Waals surface area contributed by atoms with Gasteiger partial charge in [-0.25, -0.2) is 0 Å². The molecule has 20 heavy (non-hydrogen) atoms. The lowest BCUT2D eigenvalue weighted by Crippen LogP contribution is -2.42. The summed E-state index contributed by atoms with van der Waals surface area (Å²) in [6, 6.07) is -0.288. The Bertz CT molecular complexity index is 403. The number of hydrogen-bond acceptors (Lipinski definition) is 3. The summed E-state index contributed by atoms with van der Waals surface area (Å²) >= 11 is 0. The standard InChI is InChI=1S/C16H26N2O2/c1-3-12(2)18-15(19)11-14(16(18)20)17-10-9-13-7-5-4-6-8-13/h7,12,14,17H,3-6,8-11H2,1-2H3. The van der Waals surface area contributed by atoms with Crippen LogP contribution in [0.1, 0.15) is 58.8 Å². The Hall–Kier alpha value is -1.16. The van der Waals surface area contributed by atoms with Gasteiger partial charge in [-0.15, -0.1) is 0 Å². The van der Waals surface area contributed by atoms with E-state index in [1.54, 1.807) is 0 Å². The third kappa shape index (κ3) is 3.48. The van der Waals surface area contributed by atoms with Crippen LogP contribution >= 0.6 is 0 Å². The van der Waals surface area contributed by atoms with Crippen LogP contribution in [0.3, 0.4) is 0 Å². The Kier molecular flexibility index (Phi) is 5.35. The fourth-order valence-electron chi connectivity index (χ4n) is 2.99. The largest absolute Gasteiger partial charge is 0.305 e. The molecular weight excluding hydrogens is 252 g/mol. The number of rotatable bonds is 6. The van der Waals surface area contributed by atoms with E-state index in [1.807, 2.05) is 13.8 Å². The first-order valence-electron chi connectivity index (χ1n) is 7.90. The summed E-state index contributed by atoms with van der Waals surface area (Å²) < 4.78 is 0. The lowest BCUT2D eigenvalue weighted by atomic mass is 9.97. The predicted octanol–water partition coefficient (Wildman–Crippen LogP) is 2.39. The van der Waals surface area contributed by atoms with E-state index >= 15 is 0 Å². The number of carbonyl (C=O) groups is 2. The van der Waals surface area contributed by atoms with Crippen molar-refractivity contribution in [1.29, 1.82) is 0 Å². The second-order valence-corrected chi connectivity index (χ2v) is 5.93. The van der Waals surface area contributed by atoms with E-state index in [9.17, 15) is 9.59 Å². The molecule has 0 aromatic carbocycles. The van der Waals surface area contributed by atoms with Gasteiger partial charge in [0.05, 0.1) is 12.5 Å². The van der Waals surface area contributed by atoms with E-state index in [0.29, 0.717) is 6.42 Å². The highest BCUT2D eigenvalue weighted by Crippen LogP contribution is 2.21. The average molecular weight is 278 g/mol. The summed E-state index contributed by atoms with van der Waals surface area (Å²) in [4.78, 5) is 25.6. The van der Waals surface area contributed by atoms with Crippen molar-refractivity contribution in [2.75, 3.05) is 6.54 Å². The molecule has 0 spiro atoms. The molecule has 0 aromatic rings. The smallest absolute Gasteiger partial charge is 0.247 e. The zero-order valence-electron chi connectivity index (χ0n) is 12.7. The monoisotopic (exact) mass is 278 g/mol. The molecule has 2 aliphatic rings. The molecular formula is C16H26N2O2. The van der Waals surface area contributed by atoms with Gasteiger partial charge in [0.15, 0.2) is 0 Å². The van der Waals surface area contributed by atoms with E-state index in [-0.39, 0.29) is 23.9 Å². The van der Waals surface area contributed by atoms with Crippen LogP contribution in [0.2, 0.25) is 0 Å². The van der Waals surface area contributed by atoms with Gasteiger partial charge < -0.3 is 5.32 Å². The molecule has 1 N–H and O–H groups in total. The maximum Gasteiger partial charge on any atom is 0.247 e. The van der Waals surface area contributed by atoms with Gasteiger partial charge in [0.2, 0.25) is 11.8 Å². The quantitative estimate of drug-likeness (QED) is 0.599. The van der Waals surface area contributed by atoms with E-state index in [2.05, 4.69) is 11.4 Å². The normalized spacial score (nSPS) is 25.0. The summed E-state index contributed by atoms with van der Waals surface area (Å²) in [5.41, 5.74) is 1.50. The molecule has 112 valence electrons. The molecule has 2 rings (SSSR count). The lowest BCUT2D eigenvalue weighted by Gasteiger charge is -2.21. The highest BCUT2D eigenvalue weighted by atomic mass is 16.2. The fraction of sp³-hybridized carbons (Fsp3) is 0.750. The SMILES string of the molecule is CCC(C)N1C(=O)CC(NCCC2=CCCCC2)C1=O. The number of allylic oxidation sites excluding steroid dienone is 1. The Labute approximate surface area is 121 Å². The Morgan fingerprint density at radius 2 is 2.20 bits per heavy atom. The summed E-state index contributed by atoms with van der Waals surface area (Å²) in [5.74, 6) is -0.0688. The first kappa shape index (κ1) is 15.2. The van der Waals surface area contributed by atoms with Crippen molar-refractivity contribution in [3.05, 3.63) is 11.6 Å². The van der Waals surface area contributed by atoms with Gasteiger partial charge in [0.1, 0.15) is 0 Å². The van der Waals surface area contributed by atoms with Crippen molar-refractivity contribution >= 4 is 11.8 Å². The number of nitrogens with zero attached hydrogens (tertiary/aromatic N) is 1. The zero-order valence-corrected chi connectivity index (χ0v) is 12.7. The third-order valence-corrected chi connectivity index (χ3v) is 4.44. The minimum Gasteiger partial charge on any atom is -0.305 e. The number of nitrogens with one attached hydrogen (secondary N) is 1. The van der Waals surface area contributed by atoms with Crippen LogP contribution in [-0.4, -0.2) is 35.3 Å². The first-order chi connectivity index (χ1) is 9.63. The Morgan fingerprint density at radius 3 is 2.85 bits per heavy atom. The van der Waals surface area contributed by atoms with Gasteiger partial charge in [0, 0.05) is 6.04 Å². The highest BCUT2D eigenvalue weighted by molar-refractivity contribution is 6.05. The molecule has 2 unspecified atom stereocenters. The predicted molar refractivity (Wildman–Crippen MR) is 79.2 cm³/mol. The van der Waals surface area contributed by atoms with Crippen LogP contribution in [0, 0.1) is 0 Å². The lowest BCUT2D eigenvalue weighted by molar-refractivity contribution is -0.141. The van der Waals surface area contributed by atoms with Crippen molar-refractivity contribution in [2.24, 2.45) is 0 Å². The number of hydrogen-bond donors (Lipinski definition) is 1. The van der Waals surface area contributed by atoms with Crippen LogP contribution < -0.4 is 5.32 Å². The van der Waals surface area contributed by atoms with Crippen LogP contribution in [-0.2, 0) is 9.59 Å². The maximum absolute atomic E-state index is 12.2. The molecule has 0 radical (unpaired) electrons. The third-order valence-electron chi connectivity index (χ3n) is 4.44. The molecule has 0 saturated carbocycles. The molecule has 1 aliphatic heterocycles. The molecule has 0 aromatic heterocycles. The van der Waals surface area contributed by atoms with E-state index < -0.39 is 0 Å². The fourth-order valence-corrected chi connectivity index (χ4v) is 2.99. The van der Waals surface area contributed by atoms with Crippen LogP contribution in [0.25, 0.3) is 0 Å². The summed E-state index contributed by atoms with van der Waals surface area (Å²) in [5, 5.41) is 3.27. The molecule has 1 aliphatic carbocycles. The van der Waals surface area contributed by atoms with E-state index in [4.69, 9.17) is 0 Å². The number of likely N-dealkylation sites (tertiary alicyclic amines) is 1. The average Bonchev–Trinajstić information content (AvgIpc) is 2.74. The summed E-state index contributed by atoms with van der Waals surface area (Å²) in [7, 11) is 0. The van der Waals surface area contributed by atoms with Crippen LogP contribution in [0.15, 0.2) is 11.6 Å². The number of carbonyl (C=O) groups excluding carboxylic acids is 2. The second-order valence-electron chi connectivity index (χ2n) is 5.93. The van der Waals surface area contributed by atoms with E-state index in [1.165, 1.54) is 36.2 Å². The summed E-state index contributed by atoms with van der Waals surface area (Å²) in [6.45, 7) is 4.73. The summed E-state index contributed by atoms with van der Waals surface area (Å²) in [6.07, 6.45) is 9.44. The van der Waals surface area contributed by atoms with E-state index in [0.717, 1.165) is 19.4 Å². The van der Waals surface area contributed by atoms with Crippen LogP contribution in [0.5, 0.6) is 0 Å².